The summed E-state index contributed by atoms with van der Waals surface area (Å²) in [6, 6.07) is 9.64. The fraction of sp³-hybridized carbons (Fsp3) is 0.227. The number of imidazole rings is 1. The summed E-state index contributed by atoms with van der Waals surface area (Å²) in [4.78, 5) is 32.4. The molecule has 6 nitrogen and oxygen atoms in total. The zero-order chi connectivity index (χ0) is 21.0. The summed E-state index contributed by atoms with van der Waals surface area (Å²) < 4.78 is 5.58. The average molecular weight is 483 g/mol. The van der Waals surface area contributed by atoms with Crippen LogP contribution in [0.1, 0.15) is 28.7 Å². The Balaban J connectivity index is 1.49. The molecule has 152 valence electrons. The van der Waals surface area contributed by atoms with E-state index in [1.807, 2.05) is 24.9 Å². The number of carbonyl (C=O) groups is 1. The molecule has 1 aliphatic heterocycles. The van der Waals surface area contributed by atoms with Crippen LogP contribution in [0.5, 0.6) is 0 Å². The van der Waals surface area contributed by atoms with E-state index in [1.54, 1.807) is 38.9 Å². The van der Waals surface area contributed by atoms with Crippen molar-refractivity contribution in [2.24, 2.45) is 0 Å². The highest BCUT2D eigenvalue weighted by atomic mass is 79.9. The van der Waals surface area contributed by atoms with Crippen molar-refractivity contribution in [3.8, 4) is 5.69 Å². The summed E-state index contributed by atoms with van der Waals surface area (Å²) in [7, 11) is 0. The van der Waals surface area contributed by atoms with E-state index in [4.69, 9.17) is 0 Å². The molecule has 3 aromatic heterocycles. The molecular formula is C22H19BrN4O2S. The molecule has 0 unspecified atom stereocenters. The second kappa shape index (κ2) is 7.21. The molecular weight excluding hydrogens is 464 g/mol. The van der Waals surface area contributed by atoms with Crippen LogP contribution >= 0.6 is 27.3 Å². The maximum atomic E-state index is 13.3. The molecule has 1 aromatic carbocycles. The quantitative estimate of drug-likeness (QED) is 0.435. The zero-order valence-corrected chi connectivity index (χ0v) is 18.9. The number of benzene rings is 1. The van der Waals surface area contributed by atoms with Gasteiger partial charge in [-0.05, 0) is 59.6 Å². The molecule has 1 atom stereocenters. The fourth-order valence-corrected chi connectivity index (χ4v) is 5.50. The average Bonchev–Trinajstić information content (AvgIpc) is 3.32. The van der Waals surface area contributed by atoms with Crippen molar-refractivity contribution in [2.75, 3.05) is 0 Å². The van der Waals surface area contributed by atoms with Crippen LogP contribution in [0.4, 0.5) is 0 Å². The van der Waals surface area contributed by atoms with Gasteiger partial charge in [0.1, 0.15) is 11.4 Å². The van der Waals surface area contributed by atoms with Crippen molar-refractivity contribution in [2.45, 2.75) is 33.0 Å². The number of rotatable bonds is 3. The molecule has 0 bridgehead atoms. The van der Waals surface area contributed by atoms with Crippen molar-refractivity contribution < 1.29 is 4.79 Å². The lowest BCUT2D eigenvalue weighted by molar-refractivity contribution is 0.0590. The third-order valence-corrected chi connectivity index (χ3v) is 7.47. The summed E-state index contributed by atoms with van der Waals surface area (Å²) in [5.74, 6) is -0.122. The van der Waals surface area contributed by atoms with Gasteiger partial charge in [0.2, 0.25) is 0 Å². The van der Waals surface area contributed by atoms with E-state index in [1.165, 1.54) is 4.70 Å². The van der Waals surface area contributed by atoms with Gasteiger partial charge in [0.25, 0.3) is 11.5 Å². The monoisotopic (exact) mass is 482 g/mol. The molecule has 0 saturated carbocycles. The van der Waals surface area contributed by atoms with Crippen LogP contribution in [0.3, 0.4) is 0 Å². The predicted molar refractivity (Wildman–Crippen MR) is 121 cm³/mol. The highest BCUT2D eigenvalue weighted by molar-refractivity contribution is 9.10. The minimum atomic E-state index is -0.173. The number of thiophene rings is 1. The Morgan fingerprint density at radius 3 is 2.83 bits per heavy atom. The van der Waals surface area contributed by atoms with Gasteiger partial charge in [0.05, 0.1) is 12.0 Å². The molecule has 0 fully saturated rings. The maximum absolute atomic E-state index is 13.3. The highest BCUT2D eigenvalue weighted by Crippen LogP contribution is 2.31. The first-order valence-electron chi connectivity index (χ1n) is 9.64. The Hall–Kier alpha value is -2.71. The summed E-state index contributed by atoms with van der Waals surface area (Å²) in [6.07, 6.45) is 3.43. The lowest BCUT2D eigenvalue weighted by Gasteiger charge is -2.35. The maximum Gasteiger partial charge on any atom is 0.275 e. The van der Waals surface area contributed by atoms with Gasteiger partial charge in [-0.1, -0.05) is 6.07 Å². The minimum Gasteiger partial charge on any atom is -0.329 e. The molecule has 1 amide bonds. The Bertz CT molecular complexity index is 1350. The number of hydrogen-bond donors (Lipinski definition) is 0. The van der Waals surface area contributed by atoms with E-state index < -0.39 is 0 Å². The van der Waals surface area contributed by atoms with Crippen LogP contribution in [0.2, 0.25) is 0 Å². The molecule has 1 aliphatic rings. The largest absolute Gasteiger partial charge is 0.329 e. The third-order valence-electron chi connectivity index (χ3n) is 5.55. The first-order valence-corrected chi connectivity index (χ1v) is 11.3. The van der Waals surface area contributed by atoms with E-state index in [0.717, 1.165) is 21.1 Å². The van der Waals surface area contributed by atoms with Crippen molar-refractivity contribution in [1.29, 1.82) is 0 Å². The van der Waals surface area contributed by atoms with E-state index in [0.29, 0.717) is 24.5 Å². The lowest BCUT2D eigenvalue weighted by Crippen LogP contribution is -2.49. The van der Waals surface area contributed by atoms with Gasteiger partial charge in [-0.25, -0.2) is 4.98 Å². The van der Waals surface area contributed by atoms with Gasteiger partial charge >= 0.3 is 0 Å². The molecule has 0 N–H and O–H groups in total. The van der Waals surface area contributed by atoms with Crippen molar-refractivity contribution in [1.82, 2.24) is 19.0 Å². The molecule has 4 heterocycles. The highest BCUT2D eigenvalue weighted by Gasteiger charge is 2.31. The topological polar surface area (TPSA) is 60.1 Å². The van der Waals surface area contributed by atoms with Crippen LogP contribution < -0.4 is 5.56 Å². The molecule has 0 radical (unpaired) electrons. The van der Waals surface area contributed by atoms with Gasteiger partial charge < -0.3 is 14.0 Å². The first kappa shape index (κ1) is 19.3. The number of aryl methyl sites for hydroxylation is 1. The fourth-order valence-electron chi connectivity index (χ4n) is 3.96. The number of fused-ring (bicyclic) bond motifs is 2. The number of halogens is 1. The third kappa shape index (κ3) is 3.11. The van der Waals surface area contributed by atoms with Gasteiger partial charge in [-0.2, -0.15) is 0 Å². The van der Waals surface area contributed by atoms with Crippen LogP contribution in [-0.2, 0) is 13.1 Å². The second-order valence-corrected chi connectivity index (χ2v) is 9.40. The molecule has 8 heteroatoms. The van der Waals surface area contributed by atoms with E-state index >= 15 is 0 Å². The van der Waals surface area contributed by atoms with Gasteiger partial charge in [-0.15, -0.1) is 11.3 Å². The van der Waals surface area contributed by atoms with Crippen molar-refractivity contribution in [3.63, 3.8) is 0 Å². The Labute approximate surface area is 185 Å². The number of aromatic nitrogens is 3. The minimum absolute atomic E-state index is 0.0934. The summed E-state index contributed by atoms with van der Waals surface area (Å²) in [6.45, 7) is 4.84. The molecule has 5 rings (SSSR count). The predicted octanol–water partition coefficient (Wildman–Crippen LogP) is 4.36. The molecule has 0 spiro atoms. The first-order chi connectivity index (χ1) is 14.4. The number of hydrogen-bond acceptors (Lipinski definition) is 4. The summed E-state index contributed by atoms with van der Waals surface area (Å²) in [5.41, 5.74) is 2.66. The number of amides is 1. The Kier molecular flexibility index (Phi) is 4.63. The SMILES string of the molecule is Cc1cn(-c2ccc3n(c2=O)C[C@@H](C)N(Cc2ccc4scc(Br)c4c2)C3=O)cn1. The number of nitrogens with zero attached hydrogens (tertiary/aromatic N) is 4. The van der Waals surface area contributed by atoms with E-state index in [-0.39, 0.29) is 17.5 Å². The summed E-state index contributed by atoms with van der Waals surface area (Å²) >= 11 is 5.28. The van der Waals surface area contributed by atoms with E-state index in [2.05, 4.69) is 44.5 Å². The van der Waals surface area contributed by atoms with Gasteiger partial charge in [0.15, 0.2) is 0 Å². The van der Waals surface area contributed by atoms with Gasteiger partial charge in [0, 0.05) is 45.3 Å². The summed E-state index contributed by atoms with van der Waals surface area (Å²) in [5, 5.41) is 3.23. The van der Waals surface area contributed by atoms with E-state index in [9.17, 15) is 9.59 Å². The Morgan fingerprint density at radius 2 is 2.07 bits per heavy atom. The normalized spacial score (nSPS) is 16.3. The molecule has 0 aliphatic carbocycles. The van der Waals surface area contributed by atoms with Crippen LogP contribution in [-0.4, -0.2) is 31.0 Å². The van der Waals surface area contributed by atoms with Gasteiger partial charge in [-0.3, -0.25) is 9.59 Å². The van der Waals surface area contributed by atoms with Crippen LogP contribution in [0.15, 0.2) is 57.5 Å². The second-order valence-electron chi connectivity index (χ2n) is 7.64. The van der Waals surface area contributed by atoms with Crippen molar-refractivity contribution in [3.05, 3.63) is 80.0 Å². The lowest BCUT2D eigenvalue weighted by atomic mass is 10.1. The molecule has 30 heavy (non-hydrogen) atoms. The zero-order valence-electron chi connectivity index (χ0n) is 16.5. The van der Waals surface area contributed by atoms with Crippen molar-refractivity contribution >= 4 is 43.3 Å². The smallest absolute Gasteiger partial charge is 0.275 e. The van der Waals surface area contributed by atoms with Crippen LogP contribution in [0.25, 0.3) is 15.8 Å². The number of carbonyl (C=O) groups excluding carboxylic acids is 1. The molecule has 0 saturated heterocycles. The van der Waals surface area contributed by atoms with Crippen LogP contribution in [0, 0.1) is 6.92 Å². The Morgan fingerprint density at radius 1 is 1.23 bits per heavy atom. The number of pyridine rings is 1. The molecule has 4 aromatic rings. The standard InChI is InChI=1S/C22H19BrN4O2S/c1-13-8-25(12-24-13)18-4-5-19-22(29)26(14(2)9-27(19)21(18)28)10-15-3-6-20-16(7-15)17(23)11-30-20/h3-8,11-12,14H,9-10H2,1-2H3/t14-/m1/s1.